The fourth-order valence-electron chi connectivity index (χ4n) is 0.649. The maximum Gasteiger partial charge on any atom is 0.124 e. The molecule has 0 saturated carbocycles. The van der Waals surface area contributed by atoms with Crippen molar-refractivity contribution in [1.82, 2.24) is 0 Å². The Morgan fingerprint density at radius 1 is 1.45 bits per heavy atom. The van der Waals surface area contributed by atoms with Gasteiger partial charge in [-0.15, -0.1) is 0 Å². The average molecular weight is 216 g/mol. The minimum absolute atomic E-state index is 0.263. The van der Waals surface area contributed by atoms with Gasteiger partial charge in [-0.1, -0.05) is 21.0 Å². The van der Waals surface area contributed by atoms with Crippen molar-refractivity contribution in [2.24, 2.45) is 5.11 Å². The number of rotatable bonds is 1. The van der Waals surface area contributed by atoms with Crippen LogP contribution in [0.5, 0.6) is 0 Å². The van der Waals surface area contributed by atoms with E-state index in [1.54, 1.807) is 0 Å². The van der Waals surface area contributed by atoms with Gasteiger partial charge in [0, 0.05) is 15.1 Å². The molecule has 0 aliphatic heterocycles. The fraction of sp³-hybridized carbons (Fsp3) is 0. The van der Waals surface area contributed by atoms with Crippen molar-refractivity contribution in [3.8, 4) is 0 Å². The molecule has 11 heavy (non-hydrogen) atoms. The summed E-state index contributed by atoms with van der Waals surface area (Å²) in [7, 11) is 0. The van der Waals surface area contributed by atoms with Crippen molar-refractivity contribution in [3.05, 3.63) is 38.9 Å². The predicted octanol–water partition coefficient (Wildman–Crippen LogP) is 3.53. The number of azide groups is 1. The van der Waals surface area contributed by atoms with Crippen LogP contribution in [0.1, 0.15) is 0 Å². The highest BCUT2D eigenvalue weighted by Crippen LogP contribution is 2.20. The average Bonchev–Trinajstić information content (AvgIpc) is 1.85. The van der Waals surface area contributed by atoms with Crippen LogP contribution in [-0.2, 0) is 0 Å². The van der Waals surface area contributed by atoms with Crippen LogP contribution in [0, 0.1) is 5.82 Å². The lowest BCUT2D eigenvalue weighted by Crippen LogP contribution is -1.71. The lowest BCUT2D eigenvalue weighted by atomic mass is 10.3. The largest absolute Gasteiger partial charge is 0.207 e. The molecule has 0 aliphatic carbocycles. The van der Waals surface area contributed by atoms with E-state index in [-0.39, 0.29) is 5.69 Å². The molecule has 0 heterocycles. The summed E-state index contributed by atoms with van der Waals surface area (Å²) in [6.07, 6.45) is 0. The molecular formula is C6H3BrFN3. The van der Waals surface area contributed by atoms with Crippen molar-refractivity contribution in [1.29, 1.82) is 0 Å². The van der Waals surface area contributed by atoms with Gasteiger partial charge >= 0.3 is 0 Å². The SMILES string of the molecule is [N-]=[N+]=Nc1cc(F)cc(Br)c1. The van der Waals surface area contributed by atoms with Gasteiger partial charge in [0.2, 0.25) is 0 Å². The standard InChI is InChI=1S/C6H3BrFN3/c7-4-1-5(8)3-6(2-4)10-11-9/h1-3H. The van der Waals surface area contributed by atoms with Gasteiger partial charge < -0.3 is 0 Å². The first-order chi connectivity index (χ1) is 5.22. The first-order valence-corrected chi connectivity index (χ1v) is 3.53. The Kier molecular flexibility index (Phi) is 2.46. The number of nitrogens with zero attached hydrogens (tertiary/aromatic N) is 3. The monoisotopic (exact) mass is 215 g/mol. The zero-order valence-electron chi connectivity index (χ0n) is 5.33. The zero-order chi connectivity index (χ0) is 8.27. The third-order valence-corrected chi connectivity index (χ3v) is 1.47. The minimum Gasteiger partial charge on any atom is -0.207 e. The van der Waals surface area contributed by atoms with Gasteiger partial charge in [-0.25, -0.2) is 4.39 Å². The van der Waals surface area contributed by atoms with Crippen LogP contribution in [0.2, 0.25) is 0 Å². The predicted molar refractivity (Wildman–Crippen MR) is 42.9 cm³/mol. The van der Waals surface area contributed by atoms with E-state index in [1.807, 2.05) is 0 Å². The van der Waals surface area contributed by atoms with Gasteiger partial charge in [0.25, 0.3) is 0 Å². The molecule has 0 aliphatic rings. The van der Waals surface area contributed by atoms with Gasteiger partial charge in [0.1, 0.15) is 5.82 Å². The molecule has 0 N–H and O–H groups in total. The molecule has 0 spiro atoms. The van der Waals surface area contributed by atoms with Crippen molar-refractivity contribution in [3.63, 3.8) is 0 Å². The molecule has 0 radical (unpaired) electrons. The maximum atomic E-state index is 12.5. The summed E-state index contributed by atoms with van der Waals surface area (Å²) >= 11 is 3.06. The first kappa shape index (κ1) is 8.04. The highest BCUT2D eigenvalue weighted by Gasteiger charge is 1.95. The van der Waals surface area contributed by atoms with Crippen molar-refractivity contribution in [2.45, 2.75) is 0 Å². The van der Waals surface area contributed by atoms with E-state index in [9.17, 15) is 4.39 Å². The van der Waals surface area contributed by atoms with Gasteiger partial charge in [-0.05, 0) is 23.7 Å². The molecule has 0 bridgehead atoms. The molecule has 0 aromatic heterocycles. The second-order valence-electron chi connectivity index (χ2n) is 1.82. The van der Waals surface area contributed by atoms with Crippen molar-refractivity contribution >= 4 is 21.6 Å². The van der Waals surface area contributed by atoms with E-state index >= 15 is 0 Å². The van der Waals surface area contributed by atoms with Gasteiger partial charge in [0.05, 0.1) is 0 Å². The molecule has 0 unspecified atom stereocenters. The molecule has 5 heteroatoms. The second kappa shape index (κ2) is 3.37. The summed E-state index contributed by atoms with van der Waals surface area (Å²) in [5, 5.41) is 3.24. The molecule has 0 fully saturated rings. The fourth-order valence-corrected chi connectivity index (χ4v) is 1.10. The van der Waals surface area contributed by atoms with E-state index in [0.29, 0.717) is 4.47 Å². The third-order valence-electron chi connectivity index (χ3n) is 1.01. The van der Waals surface area contributed by atoms with E-state index in [1.165, 1.54) is 12.1 Å². The molecule has 1 rings (SSSR count). The number of hydrogen-bond donors (Lipinski definition) is 0. The smallest absolute Gasteiger partial charge is 0.124 e. The number of halogens is 2. The Labute approximate surface area is 70.6 Å². The zero-order valence-corrected chi connectivity index (χ0v) is 6.92. The Bertz CT molecular complexity index is 299. The lowest BCUT2D eigenvalue weighted by Gasteiger charge is -1.92. The Hall–Kier alpha value is -1.06. The Morgan fingerprint density at radius 3 is 2.73 bits per heavy atom. The van der Waals surface area contributed by atoms with Crippen LogP contribution in [0.15, 0.2) is 27.8 Å². The molecular weight excluding hydrogens is 213 g/mol. The highest BCUT2D eigenvalue weighted by molar-refractivity contribution is 9.10. The molecule has 56 valence electrons. The van der Waals surface area contributed by atoms with E-state index < -0.39 is 5.82 Å². The molecule has 0 atom stereocenters. The molecule has 0 saturated heterocycles. The quantitative estimate of drug-likeness (QED) is 0.391. The normalized spacial score (nSPS) is 8.91. The van der Waals surface area contributed by atoms with Gasteiger partial charge in [-0.2, -0.15) is 0 Å². The summed E-state index contributed by atoms with van der Waals surface area (Å²) in [6.45, 7) is 0. The third kappa shape index (κ3) is 2.22. The maximum absolute atomic E-state index is 12.5. The second-order valence-corrected chi connectivity index (χ2v) is 2.73. The molecule has 1 aromatic carbocycles. The van der Waals surface area contributed by atoms with E-state index in [0.717, 1.165) is 6.07 Å². The highest BCUT2D eigenvalue weighted by atomic mass is 79.9. The minimum atomic E-state index is -0.429. The molecule has 0 amide bonds. The number of benzene rings is 1. The van der Waals surface area contributed by atoms with E-state index in [4.69, 9.17) is 5.53 Å². The van der Waals surface area contributed by atoms with Crippen LogP contribution in [-0.4, -0.2) is 0 Å². The van der Waals surface area contributed by atoms with Gasteiger partial charge in [0.15, 0.2) is 0 Å². The van der Waals surface area contributed by atoms with E-state index in [2.05, 4.69) is 26.0 Å². The number of hydrogen-bond acceptors (Lipinski definition) is 1. The van der Waals surface area contributed by atoms with Crippen LogP contribution >= 0.6 is 15.9 Å². The molecule has 1 aromatic rings. The summed E-state index contributed by atoms with van der Waals surface area (Å²) < 4.78 is 13.1. The summed E-state index contributed by atoms with van der Waals surface area (Å²) in [4.78, 5) is 2.53. The topological polar surface area (TPSA) is 48.8 Å². The summed E-state index contributed by atoms with van der Waals surface area (Å²) in [5.41, 5.74) is 8.29. The summed E-state index contributed by atoms with van der Waals surface area (Å²) in [6, 6.07) is 3.98. The van der Waals surface area contributed by atoms with Crippen molar-refractivity contribution < 1.29 is 4.39 Å². The Morgan fingerprint density at radius 2 is 2.18 bits per heavy atom. The van der Waals surface area contributed by atoms with Crippen molar-refractivity contribution in [2.75, 3.05) is 0 Å². The van der Waals surface area contributed by atoms with Crippen LogP contribution < -0.4 is 0 Å². The van der Waals surface area contributed by atoms with Crippen LogP contribution in [0.4, 0.5) is 10.1 Å². The first-order valence-electron chi connectivity index (χ1n) is 2.73. The van der Waals surface area contributed by atoms with Gasteiger partial charge in [-0.3, -0.25) is 0 Å². The lowest BCUT2D eigenvalue weighted by molar-refractivity contribution is 0.627. The summed E-state index contributed by atoms with van der Waals surface area (Å²) in [5.74, 6) is -0.429. The van der Waals surface area contributed by atoms with Crippen LogP contribution in [0.3, 0.4) is 0 Å². The Balaban J connectivity index is 3.18. The van der Waals surface area contributed by atoms with Crippen LogP contribution in [0.25, 0.3) is 10.4 Å². The molecule has 3 nitrogen and oxygen atoms in total.